The number of carbonyl (C=O) groups is 3. The van der Waals surface area contributed by atoms with Gasteiger partial charge in [-0.15, -0.1) is 0 Å². The molecule has 0 unspecified atom stereocenters. The Morgan fingerprint density at radius 2 is 1.76 bits per heavy atom. The van der Waals surface area contributed by atoms with E-state index in [1.54, 1.807) is 25.4 Å². The fraction of sp³-hybridized carbons (Fsp3) is 0.400. The second-order valence-electron chi connectivity index (χ2n) is 9.98. The molecule has 0 fully saturated rings. The van der Waals surface area contributed by atoms with Crippen molar-refractivity contribution in [3.63, 3.8) is 0 Å². The molecule has 46 heavy (non-hydrogen) atoms. The van der Waals surface area contributed by atoms with Crippen LogP contribution in [-0.4, -0.2) is 81.5 Å². The largest absolute Gasteiger partial charge is 0.474 e. The van der Waals surface area contributed by atoms with Gasteiger partial charge in [0.2, 0.25) is 5.91 Å². The number of hydrogen-bond acceptors (Lipinski definition) is 9. The smallest absolute Gasteiger partial charge is 0.447 e. The van der Waals surface area contributed by atoms with E-state index < -0.39 is 31.8 Å². The molecule has 3 N–H and O–H groups in total. The number of fused-ring (bicyclic) bond motifs is 1. The minimum Gasteiger partial charge on any atom is -0.447 e. The Morgan fingerprint density at radius 3 is 2.50 bits per heavy atom. The highest BCUT2D eigenvalue weighted by atomic mass is 35.5. The molecule has 0 aliphatic heterocycles. The van der Waals surface area contributed by atoms with Crippen molar-refractivity contribution >= 4 is 54.0 Å². The van der Waals surface area contributed by atoms with Crippen LogP contribution in [0, 0.1) is 5.82 Å². The van der Waals surface area contributed by atoms with Gasteiger partial charge in [-0.05, 0) is 42.3 Å². The summed E-state index contributed by atoms with van der Waals surface area (Å²) in [6.07, 6.45) is 1.97. The van der Waals surface area contributed by atoms with Gasteiger partial charge in [0.05, 0.1) is 17.7 Å². The second-order valence-corrected chi connectivity index (χ2v) is 12.2. The molecular formula is C30H38ClFN5O8P. The fourth-order valence-corrected chi connectivity index (χ4v) is 5.22. The molecule has 0 aliphatic rings. The minimum atomic E-state index is -3.64. The maximum absolute atomic E-state index is 13.8. The first-order valence-corrected chi connectivity index (χ1v) is 16.2. The maximum Gasteiger partial charge on any atom is 0.474 e. The monoisotopic (exact) mass is 681 g/mol. The highest BCUT2D eigenvalue weighted by Crippen LogP contribution is 2.47. The molecule has 2 aromatic carbocycles. The lowest BCUT2D eigenvalue weighted by atomic mass is 10.1. The van der Waals surface area contributed by atoms with E-state index in [1.807, 2.05) is 24.3 Å². The van der Waals surface area contributed by atoms with Crippen LogP contribution in [0.25, 0.3) is 10.8 Å². The molecule has 0 radical (unpaired) electrons. The number of nitrogens with zero attached hydrogens (tertiary/aromatic N) is 2. The zero-order valence-corrected chi connectivity index (χ0v) is 27.4. The zero-order valence-electron chi connectivity index (χ0n) is 25.8. The van der Waals surface area contributed by atoms with Gasteiger partial charge in [-0.25, -0.2) is 23.5 Å². The maximum atomic E-state index is 13.8. The zero-order chi connectivity index (χ0) is 33.5. The lowest BCUT2D eigenvalue weighted by Crippen LogP contribution is -2.42. The number of benzene rings is 2. The van der Waals surface area contributed by atoms with Crippen molar-refractivity contribution in [1.82, 2.24) is 20.5 Å². The van der Waals surface area contributed by atoms with Crippen LogP contribution in [-0.2, 0) is 34.1 Å². The van der Waals surface area contributed by atoms with E-state index in [0.29, 0.717) is 24.2 Å². The average molecular weight is 682 g/mol. The van der Waals surface area contributed by atoms with Crippen molar-refractivity contribution in [2.45, 2.75) is 31.7 Å². The summed E-state index contributed by atoms with van der Waals surface area (Å²) in [4.78, 5) is 43.6. The number of nitrogens with one attached hydrogen (secondary N) is 3. The number of hydrogen-bond donors (Lipinski definition) is 3. The van der Waals surface area contributed by atoms with Gasteiger partial charge in [0.15, 0.2) is 0 Å². The first-order chi connectivity index (χ1) is 22.0. The van der Waals surface area contributed by atoms with Crippen molar-refractivity contribution < 1.29 is 41.6 Å². The summed E-state index contributed by atoms with van der Waals surface area (Å²) >= 11 is 6.05. The normalized spacial score (nSPS) is 11.9. The third-order valence-electron chi connectivity index (χ3n) is 6.93. The van der Waals surface area contributed by atoms with Crippen LogP contribution < -0.4 is 16.0 Å². The predicted octanol–water partition coefficient (Wildman–Crippen LogP) is 5.53. The first-order valence-electron chi connectivity index (χ1n) is 14.4. The van der Waals surface area contributed by atoms with E-state index in [0.717, 1.165) is 10.8 Å². The van der Waals surface area contributed by atoms with E-state index in [9.17, 15) is 23.3 Å². The molecular weight excluding hydrogens is 644 g/mol. The summed E-state index contributed by atoms with van der Waals surface area (Å²) in [5, 5.41) is 9.62. The summed E-state index contributed by atoms with van der Waals surface area (Å²) in [6, 6.07) is 12.7. The molecule has 3 rings (SSSR count). The lowest BCUT2D eigenvalue weighted by Gasteiger charge is -2.28. The van der Waals surface area contributed by atoms with Gasteiger partial charge >= 0.3 is 19.9 Å². The summed E-state index contributed by atoms with van der Waals surface area (Å²) in [5.74, 6) is -0.516. The quantitative estimate of drug-likeness (QED) is 0.123. The van der Waals surface area contributed by atoms with Crippen molar-refractivity contribution in [3.8, 4) is 0 Å². The number of pyridine rings is 1. The standard InChI is InChI=1S/C30H38ClFN5O8P/c1-37(27(38)14-13-21-10-6-12-25(32)28(21)31)24(11-7-15-33-29(39)34-16-17-45-46(41,42-2)43-3)20-44-30(40)36-26-18-22-8-4-5-9-23(22)19-35-26/h4-6,8-10,12,18-19,24H,7,11,13-17,20H2,1-3H3,(H2,33,34,39)(H,35,36,40)/t24-/m0/s1. The Kier molecular flexibility index (Phi) is 14.6. The molecule has 1 heterocycles. The number of likely N-dealkylation sites (N-methyl/N-ethyl adjacent to an activating group) is 1. The Balaban J connectivity index is 1.53. The highest BCUT2D eigenvalue weighted by molar-refractivity contribution is 7.48. The molecule has 0 bridgehead atoms. The third-order valence-corrected chi connectivity index (χ3v) is 8.75. The predicted molar refractivity (Wildman–Crippen MR) is 171 cm³/mol. The van der Waals surface area contributed by atoms with Gasteiger partial charge in [0, 0.05) is 52.4 Å². The van der Waals surface area contributed by atoms with E-state index in [-0.39, 0.29) is 50.1 Å². The van der Waals surface area contributed by atoms with E-state index in [1.165, 1.54) is 31.3 Å². The molecule has 1 atom stereocenters. The van der Waals surface area contributed by atoms with Gasteiger partial charge in [0.25, 0.3) is 0 Å². The Morgan fingerprint density at radius 1 is 1.04 bits per heavy atom. The second kappa shape index (κ2) is 18.4. The van der Waals surface area contributed by atoms with Crippen LogP contribution in [0.5, 0.6) is 0 Å². The number of rotatable bonds is 17. The van der Waals surface area contributed by atoms with Crippen molar-refractivity contribution in [2.75, 3.05) is 52.9 Å². The highest BCUT2D eigenvalue weighted by Gasteiger charge is 2.23. The van der Waals surface area contributed by atoms with Gasteiger partial charge in [-0.1, -0.05) is 48.0 Å². The van der Waals surface area contributed by atoms with Crippen LogP contribution in [0.15, 0.2) is 54.7 Å². The molecule has 0 saturated heterocycles. The van der Waals surface area contributed by atoms with E-state index >= 15 is 0 Å². The van der Waals surface area contributed by atoms with Crippen molar-refractivity contribution in [1.29, 1.82) is 0 Å². The van der Waals surface area contributed by atoms with Crippen LogP contribution in [0.2, 0.25) is 5.02 Å². The molecule has 0 spiro atoms. The number of amides is 4. The topological polar surface area (TPSA) is 157 Å². The van der Waals surface area contributed by atoms with Crippen LogP contribution in [0.4, 0.5) is 19.8 Å². The number of carbonyl (C=O) groups excluding carboxylic acids is 3. The van der Waals surface area contributed by atoms with Crippen molar-refractivity contribution in [2.24, 2.45) is 0 Å². The molecule has 250 valence electrons. The Hall–Kier alpha value is -3.81. The molecule has 0 saturated carbocycles. The number of anilines is 1. The molecule has 3 aromatic rings. The summed E-state index contributed by atoms with van der Waals surface area (Å²) in [5.41, 5.74) is 0.506. The number of phosphoric acid groups is 1. The van der Waals surface area contributed by atoms with Crippen LogP contribution >= 0.6 is 19.4 Å². The Labute approximate surface area is 271 Å². The summed E-state index contributed by atoms with van der Waals surface area (Å²) < 4.78 is 45.5. The van der Waals surface area contributed by atoms with Crippen LogP contribution in [0.3, 0.4) is 0 Å². The van der Waals surface area contributed by atoms with Crippen molar-refractivity contribution in [3.05, 3.63) is 71.1 Å². The van der Waals surface area contributed by atoms with Gasteiger partial charge in [-0.3, -0.25) is 23.7 Å². The number of aromatic nitrogens is 1. The molecule has 13 nitrogen and oxygen atoms in total. The molecule has 16 heteroatoms. The average Bonchev–Trinajstić information content (AvgIpc) is 3.06. The molecule has 1 aromatic heterocycles. The number of urea groups is 1. The molecule has 4 amide bonds. The Bertz CT molecular complexity index is 1530. The van der Waals surface area contributed by atoms with Gasteiger partial charge < -0.3 is 20.3 Å². The SMILES string of the molecule is COP(=O)(OC)OCCNC(=O)NCCC[C@@H](COC(=O)Nc1cc2ccccc2cn1)N(C)C(=O)CCc1cccc(F)c1Cl. The van der Waals surface area contributed by atoms with Gasteiger partial charge in [-0.2, -0.15) is 0 Å². The number of ether oxygens (including phenoxy) is 1. The third kappa shape index (κ3) is 11.5. The lowest BCUT2D eigenvalue weighted by molar-refractivity contribution is -0.132. The first kappa shape index (κ1) is 36.7. The number of phosphoric ester groups is 1. The van der Waals surface area contributed by atoms with E-state index in [2.05, 4.69) is 30.0 Å². The summed E-state index contributed by atoms with van der Waals surface area (Å²) in [6.45, 7) is 0.0556. The fourth-order valence-electron chi connectivity index (χ4n) is 4.32. The molecule has 0 aliphatic carbocycles. The summed E-state index contributed by atoms with van der Waals surface area (Å²) in [7, 11) is 0.316. The van der Waals surface area contributed by atoms with Gasteiger partial charge in [0.1, 0.15) is 18.2 Å². The van der Waals surface area contributed by atoms with E-state index in [4.69, 9.17) is 20.9 Å². The van der Waals surface area contributed by atoms with Crippen LogP contribution in [0.1, 0.15) is 24.8 Å². The number of halogens is 2. The number of aryl methyl sites for hydroxylation is 1. The minimum absolute atomic E-state index is 0.0286.